The van der Waals surface area contributed by atoms with Crippen LogP contribution in [0.3, 0.4) is 0 Å². The Bertz CT molecular complexity index is 938. The molecule has 1 aliphatic heterocycles. The highest BCUT2D eigenvalue weighted by molar-refractivity contribution is 6.05. The van der Waals surface area contributed by atoms with Crippen LogP contribution >= 0.6 is 0 Å². The topological polar surface area (TPSA) is 61.4 Å². The van der Waals surface area contributed by atoms with Crippen LogP contribution < -0.4 is 10.6 Å². The van der Waals surface area contributed by atoms with Gasteiger partial charge >= 0.3 is 0 Å². The van der Waals surface area contributed by atoms with E-state index < -0.39 is 0 Å². The molecule has 2 aliphatic rings. The van der Waals surface area contributed by atoms with Crippen LogP contribution in [0, 0.1) is 5.92 Å². The Balaban J connectivity index is 1.23. The number of carbonyl (C=O) groups excluding carboxylic acids is 2. The van der Waals surface area contributed by atoms with Gasteiger partial charge in [0.05, 0.1) is 0 Å². The van der Waals surface area contributed by atoms with Crippen molar-refractivity contribution in [2.24, 2.45) is 5.92 Å². The number of rotatable bonds is 7. The highest BCUT2D eigenvalue weighted by Crippen LogP contribution is 2.25. The quantitative estimate of drug-likeness (QED) is 0.545. The van der Waals surface area contributed by atoms with Gasteiger partial charge in [0.15, 0.2) is 0 Å². The summed E-state index contributed by atoms with van der Waals surface area (Å²) in [5.74, 6) is 1.10. The molecule has 1 heterocycles. The molecule has 2 amide bonds. The molecule has 34 heavy (non-hydrogen) atoms. The van der Waals surface area contributed by atoms with Gasteiger partial charge < -0.3 is 15.5 Å². The first-order chi connectivity index (χ1) is 16.5. The molecule has 1 saturated heterocycles. The number of likely N-dealkylation sites (tertiary alicyclic amines) is 1. The largest absolute Gasteiger partial charge is 0.349 e. The maximum atomic E-state index is 12.7. The molecular weight excluding hydrogens is 422 g/mol. The van der Waals surface area contributed by atoms with E-state index in [0.29, 0.717) is 17.0 Å². The van der Waals surface area contributed by atoms with Crippen LogP contribution in [0.1, 0.15) is 91.0 Å². The van der Waals surface area contributed by atoms with Gasteiger partial charge in [0.1, 0.15) is 0 Å². The number of carbonyl (C=O) groups is 2. The van der Waals surface area contributed by atoms with E-state index in [4.69, 9.17) is 0 Å². The second kappa shape index (κ2) is 11.7. The molecule has 2 N–H and O–H groups in total. The first kappa shape index (κ1) is 24.5. The molecular formula is C29H39N3O2. The number of hydrogen-bond acceptors (Lipinski definition) is 3. The van der Waals surface area contributed by atoms with E-state index in [-0.39, 0.29) is 17.9 Å². The minimum absolute atomic E-state index is 0.0537. The lowest BCUT2D eigenvalue weighted by Gasteiger charge is -2.35. The maximum absolute atomic E-state index is 12.7. The van der Waals surface area contributed by atoms with Crippen LogP contribution in [0.25, 0.3) is 0 Å². The Labute approximate surface area is 204 Å². The summed E-state index contributed by atoms with van der Waals surface area (Å²) < 4.78 is 0. The fourth-order valence-electron chi connectivity index (χ4n) is 5.19. The number of nitrogens with one attached hydrogen (secondary N) is 2. The summed E-state index contributed by atoms with van der Waals surface area (Å²) in [6.45, 7) is 7.66. The maximum Gasteiger partial charge on any atom is 0.255 e. The van der Waals surface area contributed by atoms with Crippen LogP contribution in [0.15, 0.2) is 48.5 Å². The zero-order valence-electron chi connectivity index (χ0n) is 20.7. The number of anilines is 1. The van der Waals surface area contributed by atoms with Crippen molar-refractivity contribution in [1.82, 2.24) is 10.2 Å². The molecule has 1 aliphatic carbocycles. The SMILES string of the molecule is CC(C)c1ccc(NC(=O)c2ccc(C(=O)NC3CCN(CC4CCCCC4)CC3)cc2)cc1. The molecule has 0 unspecified atom stereocenters. The molecule has 5 heteroatoms. The third-order valence-electron chi connectivity index (χ3n) is 7.41. The van der Waals surface area contributed by atoms with Crippen molar-refractivity contribution in [3.63, 3.8) is 0 Å². The van der Waals surface area contributed by atoms with Gasteiger partial charge in [0.2, 0.25) is 0 Å². The van der Waals surface area contributed by atoms with Gasteiger partial charge in [0.25, 0.3) is 11.8 Å². The minimum Gasteiger partial charge on any atom is -0.349 e. The van der Waals surface area contributed by atoms with Crippen molar-refractivity contribution in [2.75, 3.05) is 25.0 Å². The molecule has 2 aromatic rings. The summed E-state index contributed by atoms with van der Waals surface area (Å²) in [7, 11) is 0. The number of nitrogens with zero attached hydrogens (tertiary/aromatic N) is 1. The van der Waals surface area contributed by atoms with Crippen molar-refractivity contribution < 1.29 is 9.59 Å². The Kier molecular flexibility index (Phi) is 8.39. The van der Waals surface area contributed by atoms with Gasteiger partial charge in [-0.25, -0.2) is 0 Å². The summed E-state index contributed by atoms with van der Waals surface area (Å²) in [6, 6.07) is 15.1. The van der Waals surface area contributed by atoms with E-state index in [0.717, 1.165) is 37.5 Å². The lowest BCUT2D eigenvalue weighted by atomic mass is 9.88. The van der Waals surface area contributed by atoms with Gasteiger partial charge in [-0.2, -0.15) is 0 Å². The van der Waals surface area contributed by atoms with Crippen LogP contribution in [0.4, 0.5) is 5.69 Å². The molecule has 2 fully saturated rings. The van der Waals surface area contributed by atoms with E-state index in [1.54, 1.807) is 24.3 Å². The van der Waals surface area contributed by atoms with Crippen molar-refractivity contribution in [3.05, 3.63) is 65.2 Å². The van der Waals surface area contributed by atoms with Crippen molar-refractivity contribution in [2.45, 2.75) is 70.8 Å². The lowest BCUT2D eigenvalue weighted by Crippen LogP contribution is -2.45. The van der Waals surface area contributed by atoms with Gasteiger partial charge in [-0.1, -0.05) is 45.2 Å². The third-order valence-corrected chi connectivity index (χ3v) is 7.41. The van der Waals surface area contributed by atoms with E-state index in [1.807, 2.05) is 24.3 Å². The Morgan fingerprint density at radius 2 is 1.41 bits per heavy atom. The molecule has 0 atom stereocenters. The second-order valence-electron chi connectivity index (χ2n) is 10.4. The predicted octanol–water partition coefficient (Wildman–Crippen LogP) is 5.84. The van der Waals surface area contributed by atoms with Gasteiger partial charge in [-0.15, -0.1) is 0 Å². The van der Waals surface area contributed by atoms with Gasteiger partial charge in [-0.3, -0.25) is 9.59 Å². The van der Waals surface area contributed by atoms with Crippen LogP contribution in [0.5, 0.6) is 0 Å². The Morgan fingerprint density at radius 3 is 2.00 bits per heavy atom. The van der Waals surface area contributed by atoms with Crippen molar-refractivity contribution in [3.8, 4) is 0 Å². The molecule has 2 aromatic carbocycles. The fraction of sp³-hybridized carbons (Fsp3) is 0.517. The second-order valence-corrected chi connectivity index (χ2v) is 10.4. The summed E-state index contributed by atoms with van der Waals surface area (Å²) in [4.78, 5) is 27.9. The third kappa shape index (κ3) is 6.69. The zero-order valence-corrected chi connectivity index (χ0v) is 20.7. The smallest absolute Gasteiger partial charge is 0.255 e. The van der Waals surface area contributed by atoms with Gasteiger partial charge in [0, 0.05) is 42.5 Å². The Morgan fingerprint density at radius 1 is 0.824 bits per heavy atom. The van der Waals surface area contributed by atoms with E-state index in [2.05, 4.69) is 29.4 Å². The van der Waals surface area contributed by atoms with Crippen molar-refractivity contribution in [1.29, 1.82) is 0 Å². The first-order valence-electron chi connectivity index (χ1n) is 13.0. The molecule has 4 rings (SSSR count). The molecule has 1 saturated carbocycles. The highest BCUT2D eigenvalue weighted by Gasteiger charge is 2.24. The van der Waals surface area contributed by atoms with E-state index >= 15 is 0 Å². The summed E-state index contributed by atoms with van der Waals surface area (Å²) in [5, 5.41) is 6.12. The summed E-state index contributed by atoms with van der Waals surface area (Å²) in [6.07, 6.45) is 8.97. The standard InChI is InChI=1S/C29H39N3O2/c1-21(2)23-12-14-26(15-13-23)30-28(33)24-8-10-25(11-9-24)29(34)31-27-16-18-32(19-17-27)20-22-6-4-3-5-7-22/h8-15,21-22,27H,3-7,16-20H2,1-2H3,(H,30,33)(H,31,34). The fourth-order valence-corrected chi connectivity index (χ4v) is 5.19. The normalized spacial score (nSPS) is 18.1. The van der Waals surface area contributed by atoms with Gasteiger partial charge in [-0.05, 0) is 79.5 Å². The first-order valence-corrected chi connectivity index (χ1v) is 13.0. The number of hydrogen-bond donors (Lipinski definition) is 2. The minimum atomic E-state index is -0.172. The van der Waals surface area contributed by atoms with Crippen LogP contribution in [-0.2, 0) is 0 Å². The average molecular weight is 462 g/mol. The number of benzene rings is 2. The summed E-state index contributed by atoms with van der Waals surface area (Å²) in [5.41, 5.74) is 3.15. The molecule has 0 spiro atoms. The van der Waals surface area contributed by atoms with E-state index in [1.165, 1.54) is 44.2 Å². The van der Waals surface area contributed by atoms with Crippen molar-refractivity contribution >= 4 is 17.5 Å². The molecule has 0 bridgehead atoms. The number of amides is 2. The zero-order chi connectivity index (χ0) is 23.9. The lowest BCUT2D eigenvalue weighted by molar-refractivity contribution is 0.0900. The predicted molar refractivity (Wildman–Crippen MR) is 138 cm³/mol. The molecule has 0 aromatic heterocycles. The monoisotopic (exact) mass is 461 g/mol. The molecule has 182 valence electrons. The number of piperidine rings is 1. The molecule has 0 radical (unpaired) electrons. The van der Waals surface area contributed by atoms with E-state index in [9.17, 15) is 9.59 Å². The average Bonchev–Trinajstić information content (AvgIpc) is 2.86. The van der Waals surface area contributed by atoms with Crippen LogP contribution in [-0.4, -0.2) is 42.4 Å². The van der Waals surface area contributed by atoms with Crippen LogP contribution in [0.2, 0.25) is 0 Å². The Hall–Kier alpha value is -2.66. The highest BCUT2D eigenvalue weighted by atomic mass is 16.2. The molecule has 5 nitrogen and oxygen atoms in total. The summed E-state index contributed by atoms with van der Waals surface area (Å²) >= 11 is 0.